The van der Waals surface area contributed by atoms with E-state index in [0.717, 1.165) is 22.8 Å². The van der Waals surface area contributed by atoms with E-state index < -0.39 is 0 Å². The van der Waals surface area contributed by atoms with Gasteiger partial charge in [-0.15, -0.1) is 6.42 Å². The Balaban J connectivity index is 2.18. The Morgan fingerprint density at radius 1 is 1.44 bits per heavy atom. The van der Waals surface area contributed by atoms with Gasteiger partial charge in [0.2, 0.25) is 5.91 Å². The Bertz CT molecular complexity index is 955. The number of para-hydroxylation sites is 1. The van der Waals surface area contributed by atoms with Crippen LogP contribution in [0.15, 0.2) is 30.6 Å². The highest BCUT2D eigenvalue weighted by Gasteiger charge is 2.18. The lowest BCUT2D eigenvalue weighted by Gasteiger charge is -2.18. The van der Waals surface area contributed by atoms with Gasteiger partial charge in [-0.1, -0.05) is 31.0 Å². The zero-order valence-corrected chi connectivity index (χ0v) is 14.3. The molecule has 0 spiro atoms. The van der Waals surface area contributed by atoms with Gasteiger partial charge in [0.15, 0.2) is 5.82 Å². The summed E-state index contributed by atoms with van der Waals surface area (Å²) in [5, 5.41) is 3.76. The molecule has 0 fully saturated rings. The van der Waals surface area contributed by atoms with Gasteiger partial charge in [-0.2, -0.15) is 0 Å². The molecule has 0 aliphatic rings. The molecule has 0 aliphatic heterocycles. The summed E-state index contributed by atoms with van der Waals surface area (Å²) in [6, 6.07) is 7.92. The maximum absolute atomic E-state index is 11.5. The maximum atomic E-state index is 11.5. The van der Waals surface area contributed by atoms with Gasteiger partial charge in [0.25, 0.3) is 0 Å². The summed E-state index contributed by atoms with van der Waals surface area (Å²) in [7, 11) is 0. The molecule has 25 heavy (non-hydrogen) atoms. The molecule has 0 bridgehead atoms. The topological polar surface area (TPSA) is 69.0 Å². The molecule has 1 atom stereocenters. The molecule has 2 aromatic heterocycles. The third kappa shape index (κ3) is 3.32. The largest absolute Gasteiger partial charge is 0.367 e. The first-order chi connectivity index (χ1) is 12.2. The van der Waals surface area contributed by atoms with E-state index in [1.165, 1.54) is 6.92 Å². The van der Waals surface area contributed by atoms with Crippen LogP contribution in [0.4, 0.5) is 5.82 Å². The standard InChI is InChI=1S/C19H20N4O2/c1-4-10-25-11-14(5-2)23-12-20-17-18(23)15-8-6-7-9-16(15)22-19(17)21-13(3)24/h1,6-9,12,14H,5,10-11H2,2-3H3,(H,21,22,24)/t14-/m1/s1. The highest BCUT2D eigenvalue weighted by atomic mass is 16.5. The normalized spacial score (nSPS) is 12.2. The summed E-state index contributed by atoms with van der Waals surface area (Å²) >= 11 is 0. The molecule has 0 radical (unpaired) electrons. The number of aromatic nitrogens is 3. The summed E-state index contributed by atoms with van der Waals surface area (Å²) in [5.41, 5.74) is 2.41. The van der Waals surface area contributed by atoms with Crippen LogP contribution in [0.5, 0.6) is 0 Å². The van der Waals surface area contributed by atoms with Crippen molar-refractivity contribution in [3.8, 4) is 12.3 Å². The summed E-state index contributed by atoms with van der Waals surface area (Å²) in [5.74, 6) is 2.78. The first kappa shape index (κ1) is 16.9. The van der Waals surface area contributed by atoms with Crippen LogP contribution in [0.3, 0.4) is 0 Å². The third-order valence-corrected chi connectivity index (χ3v) is 4.06. The number of carbonyl (C=O) groups excluding carboxylic acids is 1. The van der Waals surface area contributed by atoms with Crippen molar-refractivity contribution in [3.63, 3.8) is 0 Å². The van der Waals surface area contributed by atoms with Crippen molar-refractivity contribution in [2.75, 3.05) is 18.5 Å². The van der Waals surface area contributed by atoms with Crippen LogP contribution in [0.2, 0.25) is 0 Å². The van der Waals surface area contributed by atoms with Crippen molar-refractivity contribution in [2.24, 2.45) is 0 Å². The Labute approximate surface area is 146 Å². The van der Waals surface area contributed by atoms with Crippen LogP contribution in [0.25, 0.3) is 21.9 Å². The van der Waals surface area contributed by atoms with Crippen LogP contribution in [0, 0.1) is 12.3 Å². The Morgan fingerprint density at radius 3 is 2.96 bits per heavy atom. The van der Waals surface area contributed by atoms with Gasteiger partial charge >= 0.3 is 0 Å². The minimum Gasteiger partial charge on any atom is -0.367 e. The molecular formula is C19H20N4O2. The van der Waals surface area contributed by atoms with E-state index in [0.29, 0.717) is 17.9 Å². The van der Waals surface area contributed by atoms with Gasteiger partial charge in [-0.25, -0.2) is 9.97 Å². The number of rotatable bonds is 6. The number of nitrogens with one attached hydrogen (secondary N) is 1. The number of benzene rings is 1. The molecule has 3 aromatic rings. The van der Waals surface area contributed by atoms with Crippen molar-refractivity contribution in [2.45, 2.75) is 26.3 Å². The summed E-state index contributed by atoms with van der Waals surface area (Å²) in [4.78, 5) is 20.6. The summed E-state index contributed by atoms with van der Waals surface area (Å²) in [6.45, 7) is 4.33. The van der Waals surface area contributed by atoms with Crippen molar-refractivity contribution < 1.29 is 9.53 Å². The molecule has 128 valence electrons. The van der Waals surface area contributed by atoms with Crippen LogP contribution in [-0.2, 0) is 9.53 Å². The molecular weight excluding hydrogens is 316 g/mol. The van der Waals surface area contributed by atoms with E-state index in [9.17, 15) is 4.79 Å². The first-order valence-electron chi connectivity index (χ1n) is 8.19. The number of anilines is 1. The molecule has 1 N–H and O–H groups in total. The monoisotopic (exact) mass is 336 g/mol. The van der Waals surface area contributed by atoms with Gasteiger partial charge in [0.1, 0.15) is 12.1 Å². The van der Waals surface area contributed by atoms with Gasteiger partial charge in [-0.05, 0) is 12.5 Å². The number of pyridine rings is 1. The molecule has 1 aromatic carbocycles. The van der Waals surface area contributed by atoms with E-state index in [-0.39, 0.29) is 18.6 Å². The second-order valence-electron chi connectivity index (χ2n) is 5.79. The summed E-state index contributed by atoms with van der Waals surface area (Å²) in [6.07, 6.45) is 7.90. The van der Waals surface area contributed by atoms with E-state index >= 15 is 0 Å². The van der Waals surface area contributed by atoms with Gasteiger partial charge in [-0.3, -0.25) is 4.79 Å². The smallest absolute Gasteiger partial charge is 0.222 e. The Hall–Kier alpha value is -2.91. The molecule has 1 amide bonds. The number of carbonyl (C=O) groups is 1. The lowest BCUT2D eigenvalue weighted by Crippen LogP contribution is -2.15. The predicted molar refractivity (Wildman–Crippen MR) is 98.3 cm³/mol. The van der Waals surface area contributed by atoms with Gasteiger partial charge in [0.05, 0.1) is 30.0 Å². The third-order valence-electron chi connectivity index (χ3n) is 4.06. The molecule has 0 unspecified atom stereocenters. The zero-order valence-electron chi connectivity index (χ0n) is 14.3. The molecule has 2 heterocycles. The van der Waals surface area contributed by atoms with E-state index in [1.807, 2.05) is 24.3 Å². The average molecular weight is 336 g/mol. The van der Waals surface area contributed by atoms with Crippen molar-refractivity contribution in [3.05, 3.63) is 30.6 Å². The number of imidazole rings is 1. The summed E-state index contributed by atoms with van der Waals surface area (Å²) < 4.78 is 7.63. The van der Waals surface area contributed by atoms with Gasteiger partial charge < -0.3 is 14.6 Å². The minimum atomic E-state index is -0.178. The number of fused-ring (bicyclic) bond motifs is 3. The lowest BCUT2D eigenvalue weighted by atomic mass is 10.1. The number of ether oxygens (including phenoxy) is 1. The van der Waals surface area contributed by atoms with Crippen LogP contribution < -0.4 is 5.32 Å². The maximum Gasteiger partial charge on any atom is 0.222 e. The number of terminal acetylenes is 1. The van der Waals surface area contributed by atoms with Crippen LogP contribution in [0.1, 0.15) is 26.3 Å². The van der Waals surface area contributed by atoms with Crippen molar-refractivity contribution >= 4 is 33.7 Å². The van der Waals surface area contributed by atoms with E-state index in [2.05, 4.69) is 32.7 Å². The highest BCUT2D eigenvalue weighted by molar-refractivity contribution is 6.09. The first-order valence-corrected chi connectivity index (χ1v) is 8.19. The van der Waals surface area contributed by atoms with Gasteiger partial charge in [0, 0.05) is 12.3 Å². The zero-order chi connectivity index (χ0) is 17.8. The fourth-order valence-electron chi connectivity index (χ4n) is 2.93. The number of hydrogen-bond donors (Lipinski definition) is 1. The second-order valence-corrected chi connectivity index (χ2v) is 5.79. The molecule has 6 heteroatoms. The molecule has 6 nitrogen and oxygen atoms in total. The fraction of sp³-hybridized carbons (Fsp3) is 0.316. The highest BCUT2D eigenvalue weighted by Crippen LogP contribution is 2.31. The second kappa shape index (κ2) is 7.32. The Kier molecular flexibility index (Phi) is 4.96. The molecule has 0 aliphatic carbocycles. The van der Waals surface area contributed by atoms with E-state index in [4.69, 9.17) is 11.2 Å². The van der Waals surface area contributed by atoms with E-state index in [1.54, 1.807) is 6.33 Å². The number of nitrogens with zero attached hydrogens (tertiary/aromatic N) is 3. The molecule has 0 saturated heterocycles. The number of hydrogen-bond acceptors (Lipinski definition) is 4. The SMILES string of the molecule is C#CCOC[C@@H](CC)n1cnc2c(NC(C)=O)nc3ccccc3c21. The lowest BCUT2D eigenvalue weighted by molar-refractivity contribution is -0.114. The quantitative estimate of drug-likeness (QED) is 0.554. The van der Waals surface area contributed by atoms with Crippen molar-refractivity contribution in [1.82, 2.24) is 14.5 Å². The van der Waals surface area contributed by atoms with Crippen LogP contribution >= 0.6 is 0 Å². The van der Waals surface area contributed by atoms with Crippen molar-refractivity contribution in [1.29, 1.82) is 0 Å². The molecule has 3 rings (SSSR count). The Morgan fingerprint density at radius 2 is 2.24 bits per heavy atom. The molecule has 0 saturated carbocycles. The number of amides is 1. The minimum absolute atomic E-state index is 0.0920. The predicted octanol–water partition coefficient (Wildman–Crippen LogP) is 3.14. The fourth-order valence-corrected chi connectivity index (χ4v) is 2.93. The van der Waals surface area contributed by atoms with Crippen LogP contribution in [-0.4, -0.2) is 33.7 Å². The average Bonchev–Trinajstić information content (AvgIpc) is 3.04.